The minimum atomic E-state index is -0.858. The maximum atomic E-state index is 12.5. The van der Waals surface area contributed by atoms with Crippen LogP contribution in [-0.2, 0) is 0 Å². The number of hydrogen-bond acceptors (Lipinski definition) is 4. The molecule has 112 valence electrons. The SMILES string of the molecule is Cc1cc2c(=O)n(C(C)C(=O)c3ccccc3)c(=O)[nH]c2s1. The molecule has 0 aliphatic rings. The van der Waals surface area contributed by atoms with Gasteiger partial charge in [0.15, 0.2) is 5.78 Å². The summed E-state index contributed by atoms with van der Waals surface area (Å²) in [5.41, 5.74) is -0.515. The summed E-state index contributed by atoms with van der Waals surface area (Å²) in [6.45, 7) is 3.43. The van der Waals surface area contributed by atoms with Crippen LogP contribution < -0.4 is 11.2 Å². The van der Waals surface area contributed by atoms with Crippen molar-refractivity contribution in [3.63, 3.8) is 0 Å². The molecule has 0 aliphatic heterocycles. The number of fused-ring (bicyclic) bond motifs is 1. The van der Waals surface area contributed by atoms with Gasteiger partial charge in [-0.25, -0.2) is 9.36 Å². The second kappa shape index (κ2) is 5.38. The van der Waals surface area contributed by atoms with Gasteiger partial charge in [0.2, 0.25) is 0 Å². The summed E-state index contributed by atoms with van der Waals surface area (Å²) in [7, 11) is 0. The van der Waals surface area contributed by atoms with E-state index in [1.54, 1.807) is 43.3 Å². The molecule has 0 aliphatic carbocycles. The highest BCUT2D eigenvalue weighted by atomic mass is 32.1. The number of carbonyl (C=O) groups excluding carboxylic acids is 1. The first kappa shape index (κ1) is 14.5. The summed E-state index contributed by atoms with van der Waals surface area (Å²) in [4.78, 5) is 41.4. The maximum absolute atomic E-state index is 12.5. The van der Waals surface area contributed by atoms with Gasteiger partial charge in [-0.1, -0.05) is 30.3 Å². The third kappa shape index (κ3) is 2.31. The van der Waals surface area contributed by atoms with Crippen molar-refractivity contribution >= 4 is 27.3 Å². The van der Waals surface area contributed by atoms with Gasteiger partial charge in [-0.15, -0.1) is 11.3 Å². The van der Waals surface area contributed by atoms with Crippen molar-refractivity contribution in [2.75, 3.05) is 0 Å². The number of hydrogen-bond donors (Lipinski definition) is 1. The summed E-state index contributed by atoms with van der Waals surface area (Å²) in [6, 6.07) is 9.52. The van der Waals surface area contributed by atoms with Crippen LogP contribution in [0.4, 0.5) is 0 Å². The first-order valence-corrected chi connectivity index (χ1v) is 7.65. The van der Waals surface area contributed by atoms with E-state index < -0.39 is 17.3 Å². The Balaban J connectivity index is 2.15. The maximum Gasteiger partial charge on any atom is 0.330 e. The molecule has 3 aromatic rings. The van der Waals surface area contributed by atoms with E-state index in [1.165, 1.54) is 11.3 Å². The van der Waals surface area contributed by atoms with Gasteiger partial charge in [0, 0.05) is 10.4 Å². The fraction of sp³-hybridized carbons (Fsp3) is 0.188. The zero-order valence-electron chi connectivity index (χ0n) is 12.1. The highest BCUT2D eigenvalue weighted by molar-refractivity contribution is 7.18. The third-order valence-corrected chi connectivity index (χ3v) is 4.53. The number of aromatic amines is 1. The molecule has 1 aromatic carbocycles. The van der Waals surface area contributed by atoms with Gasteiger partial charge in [-0.05, 0) is 19.9 Å². The molecule has 0 radical (unpaired) electrons. The predicted molar refractivity (Wildman–Crippen MR) is 86.9 cm³/mol. The minimum Gasteiger partial charge on any atom is -0.298 e. The van der Waals surface area contributed by atoms with Gasteiger partial charge in [0.1, 0.15) is 10.9 Å². The number of aryl methyl sites for hydroxylation is 1. The molecule has 5 nitrogen and oxygen atoms in total. The van der Waals surface area contributed by atoms with Gasteiger partial charge in [0.25, 0.3) is 5.56 Å². The Labute approximate surface area is 129 Å². The predicted octanol–water partition coefficient (Wildman–Crippen LogP) is 2.50. The summed E-state index contributed by atoms with van der Waals surface area (Å²) < 4.78 is 0.990. The Morgan fingerprint density at radius 3 is 2.59 bits per heavy atom. The first-order chi connectivity index (χ1) is 10.5. The number of carbonyl (C=O) groups is 1. The molecule has 0 saturated heterocycles. The molecule has 1 unspecified atom stereocenters. The molecule has 0 fully saturated rings. The van der Waals surface area contributed by atoms with Gasteiger partial charge >= 0.3 is 5.69 Å². The van der Waals surface area contributed by atoms with Crippen LogP contribution in [0.25, 0.3) is 10.2 Å². The van der Waals surface area contributed by atoms with Crippen LogP contribution >= 0.6 is 11.3 Å². The molecule has 3 rings (SSSR count). The zero-order valence-corrected chi connectivity index (χ0v) is 12.9. The van der Waals surface area contributed by atoms with Gasteiger partial charge in [-0.3, -0.25) is 14.6 Å². The van der Waals surface area contributed by atoms with Crippen LogP contribution in [-0.4, -0.2) is 15.3 Å². The van der Waals surface area contributed by atoms with Crippen molar-refractivity contribution in [2.24, 2.45) is 0 Å². The van der Waals surface area contributed by atoms with E-state index in [2.05, 4.69) is 4.98 Å². The highest BCUT2D eigenvalue weighted by Gasteiger charge is 2.22. The third-order valence-electron chi connectivity index (χ3n) is 3.57. The topological polar surface area (TPSA) is 71.9 Å². The quantitative estimate of drug-likeness (QED) is 0.755. The van der Waals surface area contributed by atoms with Crippen LogP contribution in [0.2, 0.25) is 0 Å². The Kier molecular flexibility index (Phi) is 3.54. The average molecular weight is 314 g/mol. The van der Waals surface area contributed by atoms with Crippen LogP contribution in [0.3, 0.4) is 0 Å². The highest BCUT2D eigenvalue weighted by Crippen LogP contribution is 2.19. The fourth-order valence-corrected chi connectivity index (χ4v) is 3.35. The Morgan fingerprint density at radius 1 is 1.23 bits per heavy atom. The molecule has 22 heavy (non-hydrogen) atoms. The first-order valence-electron chi connectivity index (χ1n) is 6.83. The Morgan fingerprint density at radius 2 is 1.91 bits per heavy atom. The van der Waals surface area contributed by atoms with E-state index in [1.807, 2.05) is 6.92 Å². The fourth-order valence-electron chi connectivity index (χ4n) is 2.46. The molecule has 0 spiro atoms. The molecule has 1 atom stereocenters. The van der Waals surface area contributed by atoms with Crippen molar-refractivity contribution in [2.45, 2.75) is 19.9 Å². The molecule has 6 heteroatoms. The molecule has 0 amide bonds. The molecule has 2 heterocycles. The molecule has 2 aromatic heterocycles. The summed E-state index contributed by atoms with van der Waals surface area (Å²) >= 11 is 1.35. The van der Waals surface area contributed by atoms with E-state index in [0.717, 1.165) is 9.44 Å². The number of benzene rings is 1. The van der Waals surface area contributed by atoms with Crippen molar-refractivity contribution in [1.29, 1.82) is 0 Å². The smallest absolute Gasteiger partial charge is 0.298 e. The van der Waals surface area contributed by atoms with E-state index in [-0.39, 0.29) is 5.78 Å². The largest absolute Gasteiger partial charge is 0.330 e. The van der Waals surface area contributed by atoms with Gasteiger partial charge in [-0.2, -0.15) is 0 Å². The molecular weight excluding hydrogens is 300 g/mol. The lowest BCUT2D eigenvalue weighted by atomic mass is 10.1. The van der Waals surface area contributed by atoms with Crippen molar-refractivity contribution < 1.29 is 4.79 Å². The number of thiophene rings is 1. The normalized spacial score (nSPS) is 12.5. The van der Waals surface area contributed by atoms with Crippen LogP contribution in [0.1, 0.15) is 28.2 Å². The van der Waals surface area contributed by atoms with Crippen molar-refractivity contribution in [3.05, 3.63) is 67.7 Å². The molecule has 0 bridgehead atoms. The van der Waals surface area contributed by atoms with Gasteiger partial charge < -0.3 is 0 Å². The number of H-pyrrole nitrogens is 1. The van der Waals surface area contributed by atoms with Gasteiger partial charge in [0.05, 0.1) is 5.39 Å². The number of nitrogens with zero attached hydrogens (tertiary/aromatic N) is 1. The number of ketones is 1. The average Bonchev–Trinajstić information content (AvgIpc) is 2.88. The Bertz CT molecular complexity index is 966. The molecular formula is C16H14N2O3S. The van der Waals surface area contributed by atoms with E-state index in [0.29, 0.717) is 15.8 Å². The standard InChI is InChI=1S/C16H14N2O3S/c1-9-8-12-14(22-9)17-16(21)18(15(12)20)10(2)13(19)11-6-4-3-5-7-11/h3-8,10H,1-2H3,(H,17,21). The second-order valence-electron chi connectivity index (χ2n) is 5.11. The Hall–Kier alpha value is -2.47. The lowest BCUT2D eigenvalue weighted by molar-refractivity contribution is 0.0930. The second-order valence-corrected chi connectivity index (χ2v) is 6.37. The number of rotatable bonds is 3. The van der Waals surface area contributed by atoms with Crippen molar-refractivity contribution in [3.8, 4) is 0 Å². The van der Waals surface area contributed by atoms with Crippen LogP contribution in [0, 0.1) is 6.92 Å². The van der Waals surface area contributed by atoms with Crippen molar-refractivity contribution in [1.82, 2.24) is 9.55 Å². The van der Waals surface area contributed by atoms with E-state index in [9.17, 15) is 14.4 Å². The number of Topliss-reactive ketones (excluding diaryl/α,β-unsaturated/α-hetero) is 1. The lowest BCUT2D eigenvalue weighted by Crippen LogP contribution is -2.39. The number of nitrogens with one attached hydrogen (secondary N) is 1. The lowest BCUT2D eigenvalue weighted by Gasteiger charge is -2.13. The summed E-state index contributed by atoms with van der Waals surface area (Å²) in [5, 5.41) is 0.440. The zero-order chi connectivity index (χ0) is 15.9. The van der Waals surface area contributed by atoms with E-state index in [4.69, 9.17) is 0 Å². The van der Waals surface area contributed by atoms with Crippen LogP contribution in [0.5, 0.6) is 0 Å². The minimum absolute atomic E-state index is 0.264. The molecule has 1 N–H and O–H groups in total. The molecule has 0 saturated carbocycles. The van der Waals surface area contributed by atoms with E-state index >= 15 is 0 Å². The monoisotopic (exact) mass is 314 g/mol. The summed E-state index contributed by atoms with van der Waals surface area (Å²) in [5.74, 6) is -0.264. The van der Waals surface area contributed by atoms with Crippen LogP contribution in [0.15, 0.2) is 46.0 Å². The summed E-state index contributed by atoms with van der Waals surface area (Å²) in [6.07, 6.45) is 0. The number of aromatic nitrogens is 2.